The Morgan fingerprint density at radius 3 is 2.54 bits per heavy atom. The summed E-state index contributed by atoms with van der Waals surface area (Å²) in [5.74, 6) is -1.29. The van der Waals surface area contributed by atoms with Crippen molar-refractivity contribution in [1.29, 1.82) is 0 Å². The number of thiazole rings is 1. The molecule has 0 N–H and O–H groups in total. The molecule has 0 aliphatic carbocycles. The molecule has 0 aliphatic rings. The lowest BCUT2D eigenvalue weighted by Crippen LogP contribution is -2.32. The minimum Gasteiger partial charge on any atom is -0.306 e. The molecule has 2 aromatic carbocycles. The number of hydrogen-bond acceptors (Lipinski definition) is 3. The summed E-state index contributed by atoms with van der Waals surface area (Å²) < 4.78 is 27.3. The van der Waals surface area contributed by atoms with Crippen molar-refractivity contribution in [3.8, 4) is 0 Å². The van der Waals surface area contributed by atoms with Gasteiger partial charge in [0.05, 0.1) is 23.7 Å². The lowest BCUT2D eigenvalue weighted by Gasteiger charge is -2.22. The maximum Gasteiger partial charge on any atom is 0.231 e. The van der Waals surface area contributed by atoms with Crippen LogP contribution in [0.1, 0.15) is 16.3 Å². The third-order valence-corrected chi connectivity index (χ3v) is 4.99. The molecule has 0 fully saturated rings. The number of anilines is 1. The van der Waals surface area contributed by atoms with Crippen LogP contribution in [0.3, 0.4) is 0 Å². The van der Waals surface area contributed by atoms with Crippen LogP contribution in [0.2, 0.25) is 5.02 Å². The smallest absolute Gasteiger partial charge is 0.231 e. The topological polar surface area (TPSA) is 33.2 Å². The van der Waals surface area contributed by atoms with Gasteiger partial charge in [0.1, 0.15) is 11.6 Å². The van der Waals surface area contributed by atoms with Crippen molar-refractivity contribution in [1.82, 2.24) is 4.98 Å². The number of aryl methyl sites for hydroxylation is 1. The zero-order chi connectivity index (χ0) is 18.7. The van der Waals surface area contributed by atoms with Crippen molar-refractivity contribution in [3.63, 3.8) is 0 Å². The number of carbonyl (C=O) groups is 1. The van der Waals surface area contributed by atoms with E-state index in [1.54, 1.807) is 6.07 Å². The summed E-state index contributed by atoms with van der Waals surface area (Å²) in [6, 6.07) is 9.86. The molecule has 26 heavy (non-hydrogen) atoms. The normalized spacial score (nSPS) is 10.8. The molecule has 134 valence electrons. The van der Waals surface area contributed by atoms with Crippen molar-refractivity contribution in [2.45, 2.75) is 19.9 Å². The Morgan fingerprint density at radius 2 is 1.92 bits per heavy atom. The maximum absolute atomic E-state index is 14.0. The average molecular weight is 393 g/mol. The molecule has 3 aromatic rings. The van der Waals surface area contributed by atoms with Gasteiger partial charge in [-0.05, 0) is 43.3 Å². The fourth-order valence-electron chi connectivity index (χ4n) is 2.54. The number of halogens is 3. The minimum absolute atomic E-state index is 0.140. The molecule has 0 bridgehead atoms. The van der Waals surface area contributed by atoms with E-state index in [-0.39, 0.29) is 29.5 Å². The van der Waals surface area contributed by atoms with Gasteiger partial charge in [-0.15, -0.1) is 11.3 Å². The zero-order valence-corrected chi connectivity index (χ0v) is 15.5. The quantitative estimate of drug-likeness (QED) is 0.601. The molecule has 0 spiro atoms. The molecule has 3 nitrogen and oxygen atoms in total. The molecule has 0 saturated carbocycles. The lowest BCUT2D eigenvalue weighted by molar-refractivity contribution is -0.118. The first-order chi connectivity index (χ1) is 12.4. The highest BCUT2D eigenvalue weighted by Gasteiger charge is 2.21. The van der Waals surface area contributed by atoms with Crippen LogP contribution in [0.4, 0.5) is 14.5 Å². The van der Waals surface area contributed by atoms with E-state index >= 15 is 0 Å². The van der Waals surface area contributed by atoms with Crippen LogP contribution in [0, 0.1) is 18.6 Å². The number of aromatic nitrogens is 1. The summed E-state index contributed by atoms with van der Waals surface area (Å²) in [6.45, 7) is 2.08. The van der Waals surface area contributed by atoms with E-state index in [0.717, 1.165) is 5.01 Å². The van der Waals surface area contributed by atoms with Gasteiger partial charge in [0.2, 0.25) is 5.91 Å². The summed E-state index contributed by atoms with van der Waals surface area (Å²) in [6.07, 6.45) is -0.202. The molecular formula is C19H15ClF2N2OS. The number of carbonyl (C=O) groups excluding carboxylic acids is 1. The number of hydrogen-bond donors (Lipinski definition) is 0. The number of nitrogens with zero attached hydrogens (tertiary/aromatic N) is 2. The van der Waals surface area contributed by atoms with Gasteiger partial charge in [-0.25, -0.2) is 13.8 Å². The SMILES string of the molecule is Cc1nc(CN(C(=O)Cc2c(F)cccc2Cl)c2ccc(F)cc2)cs1. The third kappa shape index (κ3) is 4.26. The highest BCUT2D eigenvalue weighted by molar-refractivity contribution is 7.09. The Hall–Kier alpha value is -2.31. The van der Waals surface area contributed by atoms with Crippen LogP contribution >= 0.6 is 22.9 Å². The number of benzene rings is 2. The Kier molecular flexibility index (Phi) is 5.64. The predicted octanol–water partition coefficient (Wildman–Crippen LogP) is 5.16. The summed E-state index contributed by atoms with van der Waals surface area (Å²) in [4.78, 5) is 18.7. The Balaban J connectivity index is 1.91. The minimum atomic E-state index is -0.533. The second kappa shape index (κ2) is 7.93. The first kappa shape index (κ1) is 18.5. The molecule has 0 aliphatic heterocycles. The molecule has 0 unspecified atom stereocenters. The Morgan fingerprint density at radius 1 is 1.19 bits per heavy atom. The highest BCUT2D eigenvalue weighted by atomic mass is 35.5. The van der Waals surface area contributed by atoms with Crippen molar-refractivity contribution in [2.24, 2.45) is 0 Å². The molecule has 0 radical (unpaired) electrons. The molecule has 0 saturated heterocycles. The number of amides is 1. The molecule has 3 rings (SSSR count). The molecule has 1 amide bonds. The van der Waals surface area contributed by atoms with Gasteiger partial charge in [-0.1, -0.05) is 17.7 Å². The van der Waals surface area contributed by atoms with E-state index in [0.29, 0.717) is 11.4 Å². The first-order valence-corrected chi connectivity index (χ1v) is 9.09. The average Bonchev–Trinajstić information content (AvgIpc) is 3.02. The van der Waals surface area contributed by atoms with Crippen LogP contribution < -0.4 is 4.90 Å². The van der Waals surface area contributed by atoms with Gasteiger partial charge in [-0.2, -0.15) is 0 Å². The van der Waals surface area contributed by atoms with Crippen LogP contribution in [0.5, 0.6) is 0 Å². The van der Waals surface area contributed by atoms with Crippen LogP contribution in [0.25, 0.3) is 0 Å². The monoisotopic (exact) mass is 392 g/mol. The van der Waals surface area contributed by atoms with Crippen molar-refractivity contribution in [3.05, 3.63) is 80.8 Å². The van der Waals surface area contributed by atoms with Gasteiger partial charge in [0, 0.05) is 21.7 Å². The molecule has 1 aromatic heterocycles. The van der Waals surface area contributed by atoms with Crippen LogP contribution in [-0.2, 0) is 17.8 Å². The van der Waals surface area contributed by atoms with E-state index in [1.807, 2.05) is 12.3 Å². The van der Waals surface area contributed by atoms with E-state index in [4.69, 9.17) is 11.6 Å². The summed E-state index contributed by atoms with van der Waals surface area (Å²) in [5, 5.41) is 2.93. The van der Waals surface area contributed by atoms with E-state index in [9.17, 15) is 13.6 Å². The van der Waals surface area contributed by atoms with Gasteiger partial charge in [-0.3, -0.25) is 4.79 Å². The molecule has 7 heteroatoms. The van der Waals surface area contributed by atoms with Crippen molar-refractivity contribution in [2.75, 3.05) is 4.90 Å². The first-order valence-electron chi connectivity index (χ1n) is 7.84. The largest absolute Gasteiger partial charge is 0.306 e. The lowest BCUT2D eigenvalue weighted by atomic mass is 10.1. The predicted molar refractivity (Wildman–Crippen MR) is 99.6 cm³/mol. The zero-order valence-electron chi connectivity index (χ0n) is 13.9. The summed E-state index contributed by atoms with van der Waals surface area (Å²) >= 11 is 7.51. The highest BCUT2D eigenvalue weighted by Crippen LogP contribution is 2.24. The second-order valence-electron chi connectivity index (χ2n) is 5.69. The molecular weight excluding hydrogens is 378 g/mol. The standard InChI is InChI=1S/C19H15ClF2N2OS/c1-12-23-14(11-26-12)10-24(15-7-5-13(21)6-8-15)19(25)9-16-17(20)3-2-4-18(16)22/h2-8,11H,9-10H2,1H3. The van der Waals surface area contributed by atoms with Crippen molar-refractivity contribution < 1.29 is 13.6 Å². The van der Waals surface area contributed by atoms with Gasteiger partial charge in [0.15, 0.2) is 0 Å². The molecule has 1 heterocycles. The number of rotatable bonds is 5. The fraction of sp³-hybridized carbons (Fsp3) is 0.158. The van der Waals surface area contributed by atoms with Gasteiger partial charge in [0.25, 0.3) is 0 Å². The van der Waals surface area contributed by atoms with Crippen molar-refractivity contribution >= 4 is 34.5 Å². The van der Waals surface area contributed by atoms with Crippen LogP contribution in [0.15, 0.2) is 47.8 Å². The van der Waals surface area contributed by atoms with Gasteiger partial charge >= 0.3 is 0 Å². The third-order valence-electron chi connectivity index (χ3n) is 3.82. The Bertz CT molecular complexity index is 907. The maximum atomic E-state index is 14.0. The Labute approximate surface area is 158 Å². The van der Waals surface area contributed by atoms with E-state index in [2.05, 4.69) is 4.98 Å². The van der Waals surface area contributed by atoms with Gasteiger partial charge < -0.3 is 4.90 Å². The molecule has 0 atom stereocenters. The van der Waals surface area contributed by atoms with E-state index < -0.39 is 11.6 Å². The van der Waals surface area contributed by atoms with Crippen LogP contribution in [-0.4, -0.2) is 10.9 Å². The summed E-state index contributed by atoms with van der Waals surface area (Å²) in [5.41, 5.74) is 1.36. The fourth-order valence-corrected chi connectivity index (χ4v) is 3.37. The summed E-state index contributed by atoms with van der Waals surface area (Å²) in [7, 11) is 0. The van der Waals surface area contributed by atoms with E-state index in [1.165, 1.54) is 52.6 Å². The second-order valence-corrected chi connectivity index (χ2v) is 7.16.